The van der Waals surface area contributed by atoms with Crippen LogP contribution < -0.4 is 5.32 Å². The summed E-state index contributed by atoms with van der Waals surface area (Å²) < 4.78 is 13.1. The van der Waals surface area contributed by atoms with Crippen LogP contribution in [0, 0.1) is 5.82 Å². The lowest BCUT2D eigenvalue weighted by Crippen LogP contribution is -2.44. The largest absolute Gasteiger partial charge is 0.391 e. The van der Waals surface area contributed by atoms with Crippen molar-refractivity contribution in [1.82, 2.24) is 5.32 Å². The Bertz CT molecular complexity index is 380. The van der Waals surface area contributed by atoms with Crippen molar-refractivity contribution < 1.29 is 9.50 Å². The van der Waals surface area contributed by atoms with E-state index in [1.807, 2.05) is 0 Å². The summed E-state index contributed by atoms with van der Waals surface area (Å²) in [6.45, 7) is 0.943. The Labute approximate surface area is 106 Å². The third-order valence-electron chi connectivity index (χ3n) is 3.25. The van der Waals surface area contributed by atoms with Crippen molar-refractivity contribution in [3.05, 3.63) is 34.6 Å². The molecular weight excluding hydrogens is 241 g/mol. The first-order valence-electron chi connectivity index (χ1n) is 6.02. The van der Waals surface area contributed by atoms with Gasteiger partial charge < -0.3 is 10.4 Å². The Hall–Kier alpha value is -0.640. The molecule has 2 atom stereocenters. The van der Waals surface area contributed by atoms with Gasteiger partial charge in [-0.25, -0.2) is 4.39 Å². The van der Waals surface area contributed by atoms with Crippen LogP contribution in [0.2, 0.25) is 5.02 Å². The molecule has 94 valence electrons. The summed E-state index contributed by atoms with van der Waals surface area (Å²) in [4.78, 5) is 0. The van der Waals surface area contributed by atoms with Crippen molar-refractivity contribution in [1.29, 1.82) is 0 Å². The summed E-state index contributed by atoms with van der Waals surface area (Å²) in [6, 6.07) is 4.36. The number of rotatable bonds is 3. The molecule has 1 fully saturated rings. The van der Waals surface area contributed by atoms with Crippen molar-refractivity contribution in [3.63, 3.8) is 0 Å². The summed E-state index contributed by atoms with van der Waals surface area (Å²) in [5.74, 6) is -0.312. The highest BCUT2D eigenvalue weighted by Crippen LogP contribution is 2.21. The molecule has 0 bridgehead atoms. The van der Waals surface area contributed by atoms with Gasteiger partial charge in [-0.3, -0.25) is 0 Å². The second kappa shape index (κ2) is 5.80. The fraction of sp³-hybridized carbons (Fsp3) is 0.538. The molecule has 0 radical (unpaired) electrons. The number of halogens is 2. The van der Waals surface area contributed by atoms with Gasteiger partial charge in [-0.05, 0) is 43.1 Å². The highest BCUT2D eigenvalue weighted by Gasteiger charge is 2.22. The van der Waals surface area contributed by atoms with Crippen molar-refractivity contribution >= 4 is 11.6 Å². The Balaban J connectivity index is 2.01. The summed E-state index contributed by atoms with van der Waals surface area (Å²) >= 11 is 5.98. The topological polar surface area (TPSA) is 32.3 Å². The molecule has 2 unspecified atom stereocenters. The predicted molar refractivity (Wildman–Crippen MR) is 66.8 cm³/mol. The first-order valence-corrected chi connectivity index (χ1v) is 6.40. The third kappa shape index (κ3) is 3.41. The minimum absolute atomic E-state index is 0.100. The van der Waals surface area contributed by atoms with E-state index in [4.69, 9.17) is 11.6 Å². The molecule has 1 aliphatic rings. The van der Waals surface area contributed by atoms with Crippen molar-refractivity contribution in [2.75, 3.05) is 6.54 Å². The number of aliphatic hydroxyl groups excluding tert-OH is 1. The van der Waals surface area contributed by atoms with E-state index >= 15 is 0 Å². The maximum atomic E-state index is 13.1. The zero-order valence-corrected chi connectivity index (χ0v) is 10.4. The first-order chi connectivity index (χ1) is 8.16. The normalized spacial score (nSPS) is 22.4. The summed E-state index contributed by atoms with van der Waals surface area (Å²) in [6.07, 6.45) is 3.15. The second-order valence-electron chi connectivity index (χ2n) is 4.56. The zero-order chi connectivity index (χ0) is 12.3. The molecule has 2 nitrogen and oxygen atoms in total. The van der Waals surface area contributed by atoms with Crippen LogP contribution in [0.3, 0.4) is 0 Å². The second-order valence-corrected chi connectivity index (χ2v) is 4.97. The maximum absolute atomic E-state index is 13.1. The predicted octanol–water partition coefficient (Wildman–Crippen LogP) is 2.52. The average molecular weight is 258 g/mol. The van der Waals surface area contributed by atoms with Gasteiger partial charge in [-0.2, -0.15) is 0 Å². The van der Waals surface area contributed by atoms with Crippen LogP contribution in [-0.2, 0) is 6.42 Å². The number of aliphatic hydroxyl groups is 1. The van der Waals surface area contributed by atoms with E-state index in [1.165, 1.54) is 18.2 Å². The maximum Gasteiger partial charge on any atom is 0.123 e. The zero-order valence-electron chi connectivity index (χ0n) is 9.63. The molecule has 1 aliphatic heterocycles. The quantitative estimate of drug-likeness (QED) is 0.872. The van der Waals surface area contributed by atoms with Crippen LogP contribution in [0.15, 0.2) is 18.2 Å². The highest BCUT2D eigenvalue weighted by molar-refractivity contribution is 6.31. The van der Waals surface area contributed by atoms with E-state index in [0.29, 0.717) is 17.0 Å². The fourth-order valence-electron chi connectivity index (χ4n) is 2.27. The van der Waals surface area contributed by atoms with Gasteiger partial charge in [0.1, 0.15) is 5.82 Å². The van der Waals surface area contributed by atoms with Gasteiger partial charge in [0.05, 0.1) is 6.10 Å². The first kappa shape index (κ1) is 12.8. The fourth-order valence-corrected chi connectivity index (χ4v) is 2.47. The molecule has 0 spiro atoms. The lowest BCUT2D eigenvalue weighted by Gasteiger charge is -2.28. The molecule has 1 heterocycles. The van der Waals surface area contributed by atoms with Gasteiger partial charge in [0.15, 0.2) is 0 Å². The van der Waals surface area contributed by atoms with E-state index in [2.05, 4.69) is 5.32 Å². The molecule has 0 amide bonds. The SMILES string of the molecule is OC(Cc1cc(F)ccc1Cl)C1CCCCN1. The minimum Gasteiger partial charge on any atom is -0.391 e. The monoisotopic (exact) mass is 257 g/mol. The molecule has 1 aromatic rings. The molecule has 1 aromatic carbocycles. The molecule has 1 saturated heterocycles. The van der Waals surface area contributed by atoms with Gasteiger partial charge in [0.2, 0.25) is 0 Å². The van der Waals surface area contributed by atoms with Crippen LogP contribution >= 0.6 is 11.6 Å². The number of nitrogens with one attached hydrogen (secondary N) is 1. The Morgan fingerprint density at radius 2 is 2.29 bits per heavy atom. The van der Waals surface area contributed by atoms with Crippen LogP contribution in [0.25, 0.3) is 0 Å². The van der Waals surface area contributed by atoms with E-state index in [-0.39, 0.29) is 11.9 Å². The molecule has 0 saturated carbocycles. The number of hydrogen-bond donors (Lipinski definition) is 2. The minimum atomic E-state index is -0.505. The smallest absolute Gasteiger partial charge is 0.123 e. The van der Waals surface area contributed by atoms with Gasteiger partial charge in [-0.1, -0.05) is 18.0 Å². The average Bonchev–Trinajstić information content (AvgIpc) is 2.35. The van der Waals surface area contributed by atoms with Crippen molar-refractivity contribution in [2.45, 2.75) is 37.8 Å². The standard InChI is InChI=1S/C13H17ClFNO/c14-11-5-4-10(15)7-9(11)8-13(17)12-3-1-2-6-16-12/h4-5,7,12-13,16-17H,1-3,6,8H2. The molecular formula is C13H17ClFNO. The van der Waals surface area contributed by atoms with E-state index < -0.39 is 6.10 Å². The molecule has 2 N–H and O–H groups in total. The van der Waals surface area contributed by atoms with E-state index in [9.17, 15) is 9.50 Å². The number of piperidine rings is 1. The lowest BCUT2D eigenvalue weighted by molar-refractivity contribution is 0.113. The van der Waals surface area contributed by atoms with Crippen LogP contribution in [-0.4, -0.2) is 23.8 Å². The van der Waals surface area contributed by atoms with Crippen molar-refractivity contribution in [2.24, 2.45) is 0 Å². The lowest BCUT2D eigenvalue weighted by atomic mass is 9.95. The summed E-state index contributed by atoms with van der Waals surface area (Å²) in [7, 11) is 0. The van der Waals surface area contributed by atoms with E-state index in [0.717, 1.165) is 25.8 Å². The van der Waals surface area contributed by atoms with Crippen molar-refractivity contribution in [3.8, 4) is 0 Å². The molecule has 4 heteroatoms. The van der Waals surface area contributed by atoms with Gasteiger partial charge in [-0.15, -0.1) is 0 Å². The highest BCUT2D eigenvalue weighted by atomic mass is 35.5. The van der Waals surface area contributed by atoms with Gasteiger partial charge in [0.25, 0.3) is 0 Å². The molecule has 0 aliphatic carbocycles. The number of benzene rings is 1. The number of hydrogen-bond acceptors (Lipinski definition) is 2. The molecule has 17 heavy (non-hydrogen) atoms. The van der Waals surface area contributed by atoms with Crippen LogP contribution in [0.4, 0.5) is 4.39 Å². The Morgan fingerprint density at radius 1 is 1.47 bits per heavy atom. The molecule has 2 rings (SSSR count). The summed E-state index contributed by atoms with van der Waals surface area (Å²) in [5, 5.41) is 13.9. The van der Waals surface area contributed by atoms with Gasteiger partial charge >= 0.3 is 0 Å². The summed E-state index contributed by atoms with van der Waals surface area (Å²) in [5.41, 5.74) is 0.673. The Morgan fingerprint density at radius 3 is 3.00 bits per heavy atom. The van der Waals surface area contributed by atoms with Gasteiger partial charge in [0, 0.05) is 17.5 Å². The Kier molecular flexibility index (Phi) is 4.37. The van der Waals surface area contributed by atoms with Crippen LogP contribution in [0.5, 0.6) is 0 Å². The molecule has 0 aromatic heterocycles. The van der Waals surface area contributed by atoms with E-state index in [1.54, 1.807) is 0 Å². The van der Waals surface area contributed by atoms with Crippen LogP contribution in [0.1, 0.15) is 24.8 Å². The third-order valence-corrected chi connectivity index (χ3v) is 3.62.